The summed E-state index contributed by atoms with van der Waals surface area (Å²) in [6.45, 7) is 4.61. The lowest BCUT2D eigenvalue weighted by atomic mass is 9.85. The molecular formula is C27H23ClN4O4S2. The Bertz CT molecular complexity index is 1750. The smallest absolute Gasteiger partial charge is 0.294 e. The topological polar surface area (TPSA) is 83.9 Å². The Hall–Kier alpha value is -3.60. The van der Waals surface area contributed by atoms with Crippen molar-refractivity contribution < 1.29 is 18.6 Å². The third kappa shape index (κ3) is 4.38. The largest absolute Gasteiger partial charge is 0.496 e. The molecule has 0 spiro atoms. The molecule has 0 saturated heterocycles. The molecule has 194 valence electrons. The number of thiazole rings is 1. The van der Waals surface area contributed by atoms with E-state index >= 15 is 0 Å². The second-order valence-electron chi connectivity index (χ2n) is 9.12. The van der Waals surface area contributed by atoms with Crippen molar-refractivity contribution in [2.75, 3.05) is 14.2 Å². The second-order valence-corrected chi connectivity index (χ2v) is 11.3. The van der Waals surface area contributed by atoms with E-state index in [-0.39, 0.29) is 5.41 Å². The Morgan fingerprint density at radius 3 is 2.66 bits per heavy atom. The molecule has 6 aromatic rings. The van der Waals surface area contributed by atoms with Gasteiger partial charge < -0.3 is 18.6 Å². The molecule has 0 unspecified atom stereocenters. The Morgan fingerprint density at radius 2 is 1.89 bits per heavy atom. The van der Waals surface area contributed by atoms with Crippen molar-refractivity contribution in [1.82, 2.24) is 19.6 Å². The molecular weight excluding hydrogens is 544 g/mol. The van der Waals surface area contributed by atoms with Crippen LogP contribution in [0.4, 0.5) is 0 Å². The van der Waals surface area contributed by atoms with E-state index in [0.29, 0.717) is 50.3 Å². The van der Waals surface area contributed by atoms with Gasteiger partial charge in [0, 0.05) is 28.0 Å². The molecule has 11 heteroatoms. The van der Waals surface area contributed by atoms with E-state index in [9.17, 15) is 0 Å². The van der Waals surface area contributed by atoms with Gasteiger partial charge in [-0.1, -0.05) is 23.7 Å². The summed E-state index contributed by atoms with van der Waals surface area (Å²) >= 11 is 9.05. The van der Waals surface area contributed by atoms with Crippen LogP contribution in [0.5, 0.6) is 16.7 Å². The summed E-state index contributed by atoms with van der Waals surface area (Å²) in [6.07, 6.45) is 1.73. The molecule has 8 nitrogen and oxygen atoms in total. The molecule has 0 aliphatic heterocycles. The quantitative estimate of drug-likeness (QED) is 0.192. The zero-order chi connectivity index (χ0) is 26.4. The number of ether oxygens (including phenoxy) is 3. The van der Waals surface area contributed by atoms with Gasteiger partial charge in [0.25, 0.3) is 5.19 Å². The van der Waals surface area contributed by atoms with Gasteiger partial charge in [-0.2, -0.15) is 4.52 Å². The summed E-state index contributed by atoms with van der Waals surface area (Å²) in [5, 5.41) is 9.53. The average Bonchev–Trinajstić information content (AvgIpc) is 3.70. The predicted molar refractivity (Wildman–Crippen MR) is 149 cm³/mol. The highest BCUT2D eigenvalue weighted by Crippen LogP contribution is 2.39. The zero-order valence-electron chi connectivity index (χ0n) is 21.0. The standard InChI is InChI=1S/C27H23ClN4O4S2/c1-27(2,15-5-7-16(28)8-6-15)24-30-17(14-37-24)13-35-21-9-18(33-3)10-22-19(21)11-23(36-22)20-12-29-25-32(20)31-26(34-4)38-25/h5-12,14H,13H2,1-4H3. The summed E-state index contributed by atoms with van der Waals surface area (Å²) in [5.74, 6) is 1.88. The van der Waals surface area contributed by atoms with Crippen LogP contribution in [0.2, 0.25) is 5.02 Å². The van der Waals surface area contributed by atoms with Crippen molar-refractivity contribution in [2.45, 2.75) is 25.9 Å². The molecule has 0 atom stereocenters. The van der Waals surface area contributed by atoms with Gasteiger partial charge in [-0.25, -0.2) is 9.97 Å². The van der Waals surface area contributed by atoms with E-state index in [2.05, 4.69) is 23.9 Å². The number of imidazole rings is 1. The third-order valence-electron chi connectivity index (χ3n) is 6.33. The maximum atomic E-state index is 6.27. The SMILES string of the molecule is COc1cc(OCc2csc(C(C)(C)c3ccc(Cl)cc3)n2)c2cc(-c3cnc4sc(OC)nn34)oc2c1. The molecule has 0 radical (unpaired) electrons. The van der Waals surface area contributed by atoms with Crippen molar-refractivity contribution in [3.63, 3.8) is 0 Å². The molecule has 0 aliphatic rings. The number of aromatic nitrogens is 4. The highest BCUT2D eigenvalue weighted by Gasteiger charge is 2.27. The molecule has 4 heterocycles. The normalized spacial score (nSPS) is 11.9. The highest BCUT2D eigenvalue weighted by molar-refractivity contribution is 7.18. The van der Waals surface area contributed by atoms with Gasteiger partial charge in [0.15, 0.2) is 5.76 Å². The Morgan fingerprint density at radius 1 is 1.08 bits per heavy atom. The summed E-state index contributed by atoms with van der Waals surface area (Å²) in [7, 11) is 3.20. The number of hydrogen-bond acceptors (Lipinski definition) is 9. The maximum Gasteiger partial charge on any atom is 0.294 e. The van der Waals surface area contributed by atoms with Crippen LogP contribution in [-0.4, -0.2) is 33.8 Å². The van der Waals surface area contributed by atoms with Gasteiger partial charge in [-0.15, -0.1) is 16.4 Å². The van der Waals surface area contributed by atoms with Gasteiger partial charge >= 0.3 is 0 Å². The summed E-state index contributed by atoms with van der Waals surface area (Å²) in [6, 6.07) is 13.5. The van der Waals surface area contributed by atoms with Crippen molar-refractivity contribution in [1.29, 1.82) is 0 Å². The Balaban J connectivity index is 1.29. The van der Waals surface area contributed by atoms with Gasteiger partial charge in [0.1, 0.15) is 34.4 Å². The molecule has 2 aromatic carbocycles. The van der Waals surface area contributed by atoms with Crippen LogP contribution in [0.3, 0.4) is 0 Å². The minimum absolute atomic E-state index is 0.259. The van der Waals surface area contributed by atoms with E-state index < -0.39 is 0 Å². The fraction of sp³-hybridized carbons (Fsp3) is 0.222. The number of rotatable bonds is 8. The first-order valence-electron chi connectivity index (χ1n) is 11.7. The van der Waals surface area contributed by atoms with Crippen molar-refractivity contribution in [3.8, 4) is 28.1 Å². The molecule has 0 N–H and O–H groups in total. The number of fused-ring (bicyclic) bond motifs is 2. The summed E-state index contributed by atoms with van der Waals surface area (Å²) in [4.78, 5) is 10.0. The van der Waals surface area contributed by atoms with Crippen LogP contribution >= 0.6 is 34.3 Å². The molecule has 38 heavy (non-hydrogen) atoms. The lowest BCUT2D eigenvalue weighted by Crippen LogP contribution is -2.18. The van der Waals surface area contributed by atoms with E-state index in [4.69, 9.17) is 35.2 Å². The van der Waals surface area contributed by atoms with Gasteiger partial charge in [0.2, 0.25) is 4.96 Å². The van der Waals surface area contributed by atoms with Gasteiger partial charge in [0.05, 0.1) is 31.5 Å². The fourth-order valence-electron chi connectivity index (χ4n) is 4.17. The number of benzene rings is 2. The van der Waals surface area contributed by atoms with Crippen LogP contribution < -0.4 is 14.2 Å². The summed E-state index contributed by atoms with van der Waals surface area (Å²) < 4.78 is 24.9. The van der Waals surface area contributed by atoms with E-state index in [1.165, 1.54) is 11.3 Å². The van der Waals surface area contributed by atoms with E-state index in [1.54, 1.807) is 36.3 Å². The summed E-state index contributed by atoms with van der Waals surface area (Å²) in [5.41, 5.74) is 3.09. The van der Waals surface area contributed by atoms with Crippen molar-refractivity contribution in [3.05, 3.63) is 75.3 Å². The van der Waals surface area contributed by atoms with Crippen molar-refractivity contribution in [2.24, 2.45) is 0 Å². The molecule has 0 aliphatic carbocycles. The molecule has 0 saturated carbocycles. The first-order chi connectivity index (χ1) is 18.4. The maximum absolute atomic E-state index is 6.27. The van der Waals surface area contributed by atoms with Crippen molar-refractivity contribution >= 4 is 50.2 Å². The highest BCUT2D eigenvalue weighted by atomic mass is 35.5. The van der Waals surface area contributed by atoms with Crippen LogP contribution in [0, 0.1) is 0 Å². The lowest BCUT2D eigenvalue weighted by molar-refractivity contribution is 0.303. The molecule has 0 amide bonds. The number of methoxy groups -OCH3 is 2. The van der Waals surface area contributed by atoms with Gasteiger partial charge in [-0.05, 0) is 48.9 Å². The second kappa shape index (κ2) is 9.61. The molecule has 4 aromatic heterocycles. The van der Waals surface area contributed by atoms with E-state index in [1.807, 2.05) is 47.8 Å². The van der Waals surface area contributed by atoms with Gasteiger partial charge in [-0.3, -0.25) is 0 Å². The first kappa shape index (κ1) is 24.7. The molecule has 0 bridgehead atoms. The number of furan rings is 1. The predicted octanol–water partition coefficient (Wildman–Crippen LogP) is 7.24. The van der Waals surface area contributed by atoms with Crippen LogP contribution in [0.25, 0.3) is 27.4 Å². The first-order valence-corrected chi connectivity index (χ1v) is 13.8. The van der Waals surface area contributed by atoms with E-state index in [0.717, 1.165) is 21.7 Å². The number of hydrogen-bond donors (Lipinski definition) is 0. The average molecular weight is 567 g/mol. The number of halogens is 1. The molecule has 6 rings (SSSR count). The Labute approximate surface area is 231 Å². The van der Waals surface area contributed by atoms with Crippen LogP contribution in [0.15, 0.2) is 58.5 Å². The minimum atomic E-state index is -0.259. The third-order valence-corrected chi connectivity index (χ3v) is 8.68. The molecule has 0 fully saturated rings. The van der Waals surface area contributed by atoms with Crippen LogP contribution in [-0.2, 0) is 12.0 Å². The minimum Gasteiger partial charge on any atom is -0.496 e. The fourth-order valence-corrected chi connectivity index (χ4v) is 5.94. The monoisotopic (exact) mass is 566 g/mol. The number of nitrogens with zero attached hydrogens (tertiary/aromatic N) is 4. The van der Waals surface area contributed by atoms with Crippen LogP contribution in [0.1, 0.15) is 30.1 Å². The lowest BCUT2D eigenvalue weighted by Gasteiger charge is -2.22. The Kier molecular flexibility index (Phi) is 6.25. The zero-order valence-corrected chi connectivity index (χ0v) is 23.4.